The zero-order chi connectivity index (χ0) is 34.6. The Balaban J connectivity index is 1.32. The maximum Gasteiger partial charge on any atom is 0.316 e. The number of nitrogens with zero attached hydrogens (tertiary/aromatic N) is 8. The van der Waals surface area contributed by atoms with Crippen molar-refractivity contribution in [2.75, 3.05) is 12.0 Å². The first-order valence-electron chi connectivity index (χ1n) is 17.0. The number of aliphatic hydroxyl groups is 1. The van der Waals surface area contributed by atoms with E-state index < -0.39 is 5.60 Å². The van der Waals surface area contributed by atoms with Crippen LogP contribution in [0.25, 0.3) is 22.5 Å². The van der Waals surface area contributed by atoms with Gasteiger partial charge in [-0.1, -0.05) is 20.8 Å². The number of methoxy groups -OCH3 is 1. The lowest BCUT2D eigenvalue weighted by Gasteiger charge is -2.37. The van der Waals surface area contributed by atoms with Crippen LogP contribution in [0.4, 0.5) is 5.82 Å². The summed E-state index contributed by atoms with van der Waals surface area (Å²) in [5.41, 5.74) is 3.47. The van der Waals surface area contributed by atoms with Gasteiger partial charge in [0.2, 0.25) is 5.91 Å². The van der Waals surface area contributed by atoms with Crippen molar-refractivity contribution >= 4 is 11.7 Å². The summed E-state index contributed by atoms with van der Waals surface area (Å²) in [6, 6.07) is 6.45. The van der Waals surface area contributed by atoms with Gasteiger partial charge in [0.1, 0.15) is 17.3 Å². The highest BCUT2D eigenvalue weighted by Crippen LogP contribution is 2.35. The van der Waals surface area contributed by atoms with Crippen LogP contribution >= 0.6 is 0 Å². The fourth-order valence-electron chi connectivity index (χ4n) is 6.20. The quantitative estimate of drug-likeness (QED) is 0.186. The molecule has 0 atom stereocenters. The Kier molecular flexibility index (Phi) is 10.6. The molecule has 48 heavy (non-hydrogen) atoms. The number of anilines is 1. The highest BCUT2D eigenvalue weighted by molar-refractivity contribution is 5.93. The molecule has 4 aromatic rings. The van der Waals surface area contributed by atoms with E-state index in [-0.39, 0.29) is 29.8 Å². The molecule has 0 saturated heterocycles. The number of ether oxygens (including phenoxy) is 1. The second-order valence-corrected chi connectivity index (χ2v) is 14.9. The first-order valence-corrected chi connectivity index (χ1v) is 17.0. The average molecular weight is 655 g/mol. The zero-order valence-corrected chi connectivity index (χ0v) is 29.6. The Labute approximate surface area is 284 Å². The maximum absolute atomic E-state index is 13.7. The summed E-state index contributed by atoms with van der Waals surface area (Å²) in [5.74, 6) is 1.82. The third-order valence-electron chi connectivity index (χ3n) is 9.04. The van der Waals surface area contributed by atoms with E-state index in [4.69, 9.17) is 24.8 Å². The number of carbonyl (C=O) groups is 1. The highest BCUT2D eigenvalue weighted by atomic mass is 16.5. The summed E-state index contributed by atoms with van der Waals surface area (Å²) < 4.78 is 7.04. The van der Waals surface area contributed by atoms with Gasteiger partial charge in [0.05, 0.1) is 18.4 Å². The van der Waals surface area contributed by atoms with Gasteiger partial charge >= 0.3 is 6.01 Å². The second-order valence-electron chi connectivity index (χ2n) is 14.9. The number of rotatable bonds is 11. The molecular weight excluding hydrogens is 604 g/mol. The molecule has 4 heterocycles. The lowest BCUT2D eigenvalue weighted by atomic mass is 9.82. The third kappa shape index (κ3) is 8.61. The van der Waals surface area contributed by atoms with E-state index in [1.807, 2.05) is 40.2 Å². The average Bonchev–Trinajstić information content (AvgIpc) is 3.55. The molecule has 0 bridgehead atoms. The molecule has 1 N–H and O–H groups in total. The largest absolute Gasteiger partial charge is 0.467 e. The predicted octanol–water partition coefficient (Wildman–Crippen LogP) is 6.76. The molecule has 11 heteroatoms. The van der Waals surface area contributed by atoms with Crippen LogP contribution in [0, 0.1) is 5.92 Å². The lowest BCUT2D eigenvalue weighted by molar-refractivity contribution is -0.120. The van der Waals surface area contributed by atoms with E-state index in [1.165, 1.54) is 7.11 Å². The molecular formula is C37H50N8O3. The zero-order valence-electron chi connectivity index (χ0n) is 29.6. The number of pyridine rings is 1. The molecule has 1 saturated carbocycles. The topological polar surface area (TPSA) is 132 Å². The number of hydrogen-bond donors (Lipinski definition) is 1. The molecule has 1 aliphatic carbocycles. The van der Waals surface area contributed by atoms with Gasteiger partial charge in [-0.3, -0.25) is 14.4 Å². The van der Waals surface area contributed by atoms with Gasteiger partial charge in [-0.2, -0.15) is 5.10 Å². The van der Waals surface area contributed by atoms with Gasteiger partial charge in [0.25, 0.3) is 0 Å². The smallest absolute Gasteiger partial charge is 0.316 e. The van der Waals surface area contributed by atoms with Crippen molar-refractivity contribution in [2.45, 2.75) is 117 Å². The van der Waals surface area contributed by atoms with Crippen LogP contribution in [-0.2, 0) is 16.6 Å². The fraction of sp³-hybridized carbons (Fsp3) is 0.541. The molecule has 0 spiro atoms. The third-order valence-corrected chi connectivity index (χ3v) is 9.04. The Morgan fingerprint density at radius 1 is 0.958 bits per heavy atom. The molecule has 11 nitrogen and oxygen atoms in total. The molecule has 1 amide bonds. The molecule has 5 rings (SSSR count). The number of aromatic nitrogens is 7. The molecule has 0 aromatic carbocycles. The summed E-state index contributed by atoms with van der Waals surface area (Å²) in [5, 5.41) is 15.2. The molecule has 256 valence electrons. The molecule has 4 aromatic heterocycles. The minimum absolute atomic E-state index is 0.0120. The van der Waals surface area contributed by atoms with Crippen molar-refractivity contribution in [3.8, 4) is 28.5 Å². The first kappa shape index (κ1) is 35.1. The van der Waals surface area contributed by atoms with E-state index in [2.05, 4.69) is 44.6 Å². The number of hydrogen-bond acceptors (Lipinski definition) is 9. The standard InChI is InChI=1S/C37H50N8O3/c1-24(2)44-18-16-30(43-44)34-29(36(3,4)5)23-38-31(42-34)19-25-9-12-28(13-10-25)45(33(46)15-17-37(6,7)47)32-14-11-26(20-39-32)27-21-40-35(48-8)41-22-27/h11,14,16,18,20-25,28,47H,9-10,12-13,15,17,19H2,1-8H3. The monoisotopic (exact) mass is 654 g/mol. The van der Waals surface area contributed by atoms with Gasteiger partial charge in [-0.15, -0.1) is 0 Å². The number of amides is 1. The predicted molar refractivity (Wildman–Crippen MR) is 187 cm³/mol. The van der Waals surface area contributed by atoms with Crippen LogP contribution in [0.2, 0.25) is 0 Å². The van der Waals surface area contributed by atoms with Crippen LogP contribution in [0.1, 0.15) is 104 Å². The Morgan fingerprint density at radius 3 is 2.21 bits per heavy atom. The Bertz CT molecular complexity index is 1660. The molecule has 0 radical (unpaired) electrons. The van der Waals surface area contributed by atoms with Crippen molar-refractivity contribution in [2.24, 2.45) is 5.92 Å². The lowest BCUT2D eigenvalue weighted by Crippen LogP contribution is -2.43. The van der Waals surface area contributed by atoms with Gasteiger partial charge in [0, 0.05) is 72.6 Å². The van der Waals surface area contributed by atoms with Gasteiger partial charge in [-0.25, -0.2) is 24.9 Å². The number of carbonyl (C=O) groups excluding carboxylic acids is 1. The second kappa shape index (κ2) is 14.5. The SMILES string of the molecule is COc1ncc(-c2ccc(N(C(=O)CCC(C)(C)O)C3CCC(Cc4ncc(C(C)(C)C)c(-c5ccn(C(C)C)n5)n4)CC3)nc2)cn1. The summed E-state index contributed by atoms with van der Waals surface area (Å²) in [6.45, 7) is 14.2. The highest BCUT2D eigenvalue weighted by Gasteiger charge is 2.32. The van der Waals surface area contributed by atoms with Crippen molar-refractivity contribution in [3.05, 3.63) is 60.6 Å². The van der Waals surface area contributed by atoms with E-state index >= 15 is 0 Å². The van der Waals surface area contributed by atoms with Crippen molar-refractivity contribution in [1.82, 2.24) is 34.7 Å². The molecule has 0 aliphatic heterocycles. The molecule has 0 unspecified atom stereocenters. The van der Waals surface area contributed by atoms with Crippen LogP contribution in [0.5, 0.6) is 6.01 Å². The molecule has 1 aliphatic rings. The Hall–Kier alpha value is -4.25. The fourth-order valence-corrected chi connectivity index (χ4v) is 6.20. The van der Waals surface area contributed by atoms with Gasteiger partial charge < -0.3 is 9.84 Å². The van der Waals surface area contributed by atoms with E-state index in [0.717, 1.165) is 66.0 Å². The normalized spacial score (nSPS) is 17.0. The van der Waals surface area contributed by atoms with Crippen LogP contribution in [0.3, 0.4) is 0 Å². The summed E-state index contributed by atoms with van der Waals surface area (Å²) >= 11 is 0. The minimum Gasteiger partial charge on any atom is -0.467 e. The van der Waals surface area contributed by atoms with Crippen LogP contribution in [0.15, 0.2) is 49.2 Å². The van der Waals surface area contributed by atoms with Gasteiger partial charge in [-0.05, 0) is 89.3 Å². The summed E-state index contributed by atoms with van der Waals surface area (Å²) in [4.78, 5) is 38.6. The van der Waals surface area contributed by atoms with Gasteiger partial charge in [0.15, 0.2) is 0 Å². The summed E-state index contributed by atoms with van der Waals surface area (Å²) in [6.07, 6.45) is 14.1. The first-order chi connectivity index (χ1) is 22.7. The summed E-state index contributed by atoms with van der Waals surface area (Å²) in [7, 11) is 1.53. The van der Waals surface area contributed by atoms with Crippen molar-refractivity contribution < 1.29 is 14.6 Å². The van der Waals surface area contributed by atoms with Crippen LogP contribution in [-0.4, -0.2) is 64.5 Å². The van der Waals surface area contributed by atoms with E-state index in [0.29, 0.717) is 24.2 Å². The maximum atomic E-state index is 13.7. The Morgan fingerprint density at radius 2 is 1.65 bits per heavy atom. The van der Waals surface area contributed by atoms with E-state index in [9.17, 15) is 9.90 Å². The van der Waals surface area contributed by atoms with Crippen molar-refractivity contribution in [3.63, 3.8) is 0 Å². The van der Waals surface area contributed by atoms with E-state index in [1.54, 1.807) is 32.4 Å². The minimum atomic E-state index is -0.932. The van der Waals surface area contributed by atoms with Crippen molar-refractivity contribution in [1.29, 1.82) is 0 Å². The van der Waals surface area contributed by atoms with Crippen LogP contribution < -0.4 is 9.64 Å². The molecule has 1 fully saturated rings.